The van der Waals surface area contributed by atoms with Gasteiger partial charge < -0.3 is 15.7 Å². The highest BCUT2D eigenvalue weighted by molar-refractivity contribution is 5.96. The Bertz CT molecular complexity index is 507. The van der Waals surface area contributed by atoms with E-state index in [2.05, 4.69) is 16.7 Å². The van der Waals surface area contributed by atoms with Crippen LogP contribution in [0, 0.1) is 0 Å². The second kappa shape index (κ2) is 5.54. The van der Waals surface area contributed by atoms with E-state index >= 15 is 0 Å². The molecule has 3 N–H and O–H groups in total. The molecule has 1 aromatic carbocycles. The molecule has 0 spiro atoms. The lowest BCUT2D eigenvalue weighted by Crippen LogP contribution is -2.49. The molecule has 1 aliphatic carbocycles. The fourth-order valence-corrected chi connectivity index (χ4v) is 3.43. The number of nitrogens with one attached hydrogen (secondary N) is 2. The molecule has 1 fully saturated rings. The van der Waals surface area contributed by atoms with Crippen molar-refractivity contribution in [2.24, 2.45) is 0 Å². The van der Waals surface area contributed by atoms with Crippen molar-refractivity contribution in [1.29, 1.82) is 0 Å². The second-order valence-electron chi connectivity index (χ2n) is 5.97. The summed E-state index contributed by atoms with van der Waals surface area (Å²) in [6.45, 7) is 1.79. The molecule has 1 aromatic rings. The predicted octanol–water partition coefficient (Wildman–Crippen LogP) is 1.37. The molecule has 1 saturated carbocycles. The largest absolute Gasteiger partial charge is 0.394 e. The summed E-state index contributed by atoms with van der Waals surface area (Å²) in [6.07, 6.45) is 4.82. The Kier molecular flexibility index (Phi) is 3.76. The molecule has 0 unspecified atom stereocenters. The molecule has 1 heterocycles. The Hall–Kier alpha value is -1.39. The molecular weight excluding hydrogens is 252 g/mol. The summed E-state index contributed by atoms with van der Waals surface area (Å²) in [5.41, 5.74) is 2.76. The van der Waals surface area contributed by atoms with E-state index in [0.717, 1.165) is 56.3 Å². The van der Waals surface area contributed by atoms with Crippen molar-refractivity contribution in [3.8, 4) is 0 Å². The van der Waals surface area contributed by atoms with Crippen molar-refractivity contribution in [3.63, 3.8) is 0 Å². The molecule has 4 nitrogen and oxygen atoms in total. The normalized spacial score (nSPS) is 20.4. The van der Waals surface area contributed by atoms with Crippen molar-refractivity contribution in [3.05, 3.63) is 34.9 Å². The van der Waals surface area contributed by atoms with Gasteiger partial charge in [0.05, 0.1) is 12.1 Å². The summed E-state index contributed by atoms with van der Waals surface area (Å²) in [6, 6.07) is 5.93. The highest BCUT2D eigenvalue weighted by Crippen LogP contribution is 2.30. The van der Waals surface area contributed by atoms with Crippen LogP contribution in [0.2, 0.25) is 0 Å². The molecule has 0 atom stereocenters. The zero-order chi connectivity index (χ0) is 14.0. The topological polar surface area (TPSA) is 61.4 Å². The van der Waals surface area contributed by atoms with Gasteiger partial charge in [-0.05, 0) is 43.0 Å². The highest BCUT2D eigenvalue weighted by Gasteiger charge is 2.35. The SMILES string of the molecule is O=C(NC1(CO)CCCC1)c1cccc2c1CCNC2. The summed E-state index contributed by atoms with van der Waals surface area (Å²) in [7, 11) is 0. The minimum atomic E-state index is -0.396. The van der Waals surface area contributed by atoms with Crippen LogP contribution >= 0.6 is 0 Å². The maximum absolute atomic E-state index is 12.6. The Balaban J connectivity index is 1.84. The molecule has 20 heavy (non-hydrogen) atoms. The van der Waals surface area contributed by atoms with Crippen LogP contribution in [0.1, 0.15) is 47.2 Å². The van der Waals surface area contributed by atoms with E-state index in [1.165, 1.54) is 5.56 Å². The molecule has 0 aromatic heterocycles. The van der Waals surface area contributed by atoms with Gasteiger partial charge in [0.15, 0.2) is 0 Å². The molecule has 1 amide bonds. The first-order valence-electron chi connectivity index (χ1n) is 7.49. The third-order valence-corrected chi connectivity index (χ3v) is 4.63. The number of carbonyl (C=O) groups excluding carboxylic acids is 1. The number of aliphatic hydroxyl groups excluding tert-OH is 1. The lowest BCUT2D eigenvalue weighted by Gasteiger charge is -2.29. The molecule has 0 radical (unpaired) electrons. The Morgan fingerprint density at radius 2 is 2.15 bits per heavy atom. The molecule has 0 saturated heterocycles. The van der Waals surface area contributed by atoms with Gasteiger partial charge >= 0.3 is 0 Å². The van der Waals surface area contributed by atoms with Crippen molar-refractivity contribution in [1.82, 2.24) is 10.6 Å². The molecule has 2 aliphatic rings. The van der Waals surface area contributed by atoms with Crippen molar-refractivity contribution >= 4 is 5.91 Å². The van der Waals surface area contributed by atoms with E-state index in [9.17, 15) is 9.90 Å². The average molecular weight is 274 g/mol. The number of benzene rings is 1. The van der Waals surface area contributed by atoms with Gasteiger partial charge in [-0.15, -0.1) is 0 Å². The van der Waals surface area contributed by atoms with E-state index < -0.39 is 5.54 Å². The minimum absolute atomic E-state index is 0.0281. The van der Waals surface area contributed by atoms with E-state index in [0.29, 0.717) is 0 Å². The summed E-state index contributed by atoms with van der Waals surface area (Å²) in [5.74, 6) is -0.0281. The van der Waals surface area contributed by atoms with Crippen LogP contribution < -0.4 is 10.6 Å². The van der Waals surface area contributed by atoms with E-state index in [1.807, 2.05) is 12.1 Å². The number of hydrogen-bond donors (Lipinski definition) is 3. The van der Waals surface area contributed by atoms with Crippen LogP contribution in [-0.4, -0.2) is 29.7 Å². The molecule has 4 heteroatoms. The number of aliphatic hydroxyl groups is 1. The molecule has 108 valence electrons. The number of carbonyl (C=O) groups is 1. The Morgan fingerprint density at radius 3 is 2.90 bits per heavy atom. The third-order valence-electron chi connectivity index (χ3n) is 4.63. The summed E-state index contributed by atoms with van der Waals surface area (Å²) < 4.78 is 0. The van der Waals surface area contributed by atoms with Gasteiger partial charge in [0, 0.05) is 12.1 Å². The molecule has 1 aliphatic heterocycles. The van der Waals surface area contributed by atoms with E-state index in [1.54, 1.807) is 0 Å². The monoisotopic (exact) mass is 274 g/mol. The molecule has 3 rings (SSSR count). The maximum Gasteiger partial charge on any atom is 0.252 e. The van der Waals surface area contributed by atoms with E-state index in [4.69, 9.17) is 0 Å². The molecular formula is C16H22N2O2. The smallest absolute Gasteiger partial charge is 0.252 e. The van der Waals surface area contributed by atoms with Gasteiger partial charge in [0.2, 0.25) is 0 Å². The highest BCUT2D eigenvalue weighted by atomic mass is 16.3. The minimum Gasteiger partial charge on any atom is -0.394 e. The Morgan fingerprint density at radius 1 is 1.35 bits per heavy atom. The van der Waals surface area contributed by atoms with Crippen LogP contribution in [0.25, 0.3) is 0 Å². The summed E-state index contributed by atoms with van der Waals surface area (Å²) in [4.78, 5) is 12.6. The Labute approximate surface area is 119 Å². The molecule has 0 bridgehead atoms. The van der Waals surface area contributed by atoms with Crippen molar-refractivity contribution < 1.29 is 9.90 Å². The van der Waals surface area contributed by atoms with Gasteiger partial charge in [-0.25, -0.2) is 0 Å². The zero-order valence-corrected chi connectivity index (χ0v) is 11.7. The summed E-state index contributed by atoms with van der Waals surface area (Å²) >= 11 is 0. The fourth-order valence-electron chi connectivity index (χ4n) is 3.43. The third kappa shape index (κ3) is 2.45. The zero-order valence-electron chi connectivity index (χ0n) is 11.7. The second-order valence-corrected chi connectivity index (χ2v) is 5.97. The standard InChI is InChI=1S/C16H22N2O2/c19-11-16(7-1-2-8-16)18-15(20)14-5-3-4-12-10-17-9-6-13(12)14/h3-5,17,19H,1-2,6-11H2,(H,18,20). The van der Waals surface area contributed by atoms with Gasteiger partial charge in [-0.2, -0.15) is 0 Å². The van der Waals surface area contributed by atoms with E-state index in [-0.39, 0.29) is 12.5 Å². The number of hydrogen-bond acceptors (Lipinski definition) is 3. The van der Waals surface area contributed by atoms with Gasteiger partial charge in [-0.1, -0.05) is 25.0 Å². The van der Waals surface area contributed by atoms with Crippen LogP contribution in [-0.2, 0) is 13.0 Å². The number of fused-ring (bicyclic) bond motifs is 1. The lowest BCUT2D eigenvalue weighted by atomic mass is 9.93. The number of rotatable bonds is 3. The average Bonchev–Trinajstić information content (AvgIpc) is 2.95. The lowest BCUT2D eigenvalue weighted by molar-refractivity contribution is 0.0837. The summed E-state index contributed by atoms with van der Waals surface area (Å²) in [5, 5.41) is 16.1. The first-order valence-corrected chi connectivity index (χ1v) is 7.49. The van der Waals surface area contributed by atoms with Gasteiger partial charge in [-0.3, -0.25) is 4.79 Å². The first-order chi connectivity index (χ1) is 9.74. The predicted molar refractivity (Wildman–Crippen MR) is 77.6 cm³/mol. The van der Waals surface area contributed by atoms with Crippen molar-refractivity contribution in [2.45, 2.75) is 44.2 Å². The van der Waals surface area contributed by atoms with Gasteiger partial charge in [0.1, 0.15) is 0 Å². The first kappa shape index (κ1) is 13.6. The van der Waals surface area contributed by atoms with Crippen molar-refractivity contribution in [2.75, 3.05) is 13.2 Å². The van der Waals surface area contributed by atoms with Crippen LogP contribution in [0.3, 0.4) is 0 Å². The van der Waals surface area contributed by atoms with Gasteiger partial charge in [0.25, 0.3) is 5.91 Å². The van der Waals surface area contributed by atoms with Crippen LogP contribution in [0.4, 0.5) is 0 Å². The fraction of sp³-hybridized carbons (Fsp3) is 0.562. The quantitative estimate of drug-likeness (QED) is 0.780. The van der Waals surface area contributed by atoms with Crippen LogP contribution in [0.15, 0.2) is 18.2 Å². The van der Waals surface area contributed by atoms with Crippen LogP contribution in [0.5, 0.6) is 0 Å². The maximum atomic E-state index is 12.6. The number of amides is 1.